The van der Waals surface area contributed by atoms with Gasteiger partial charge in [0.05, 0.1) is 6.61 Å². The van der Waals surface area contributed by atoms with Crippen LogP contribution in [-0.2, 0) is 16.6 Å². The van der Waals surface area contributed by atoms with Crippen LogP contribution in [0.5, 0.6) is 0 Å². The van der Waals surface area contributed by atoms with Crippen LogP contribution in [0.3, 0.4) is 0 Å². The molecule has 3 aliphatic heterocycles. The molecule has 5 nitrogen and oxygen atoms in total. The number of nitrogens with one attached hydrogen (secondary N) is 1. The molecule has 0 aliphatic carbocycles. The second kappa shape index (κ2) is 5.38. The number of hydrogen-bond acceptors (Lipinski definition) is 5. The molecule has 3 aliphatic rings. The maximum absolute atomic E-state index is 12.5. The van der Waals surface area contributed by atoms with Crippen molar-refractivity contribution in [3.05, 3.63) is 16.5 Å². The van der Waals surface area contributed by atoms with Crippen LogP contribution in [0.4, 0.5) is 0 Å². The summed E-state index contributed by atoms with van der Waals surface area (Å²) in [4.78, 5) is 3.05. The van der Waals surface area contributed by atoms with Crippen molar-refractivity contribution in [3.63, 3.8) is 0 Å². The van der Waals surface area contributed by atoms with E-state index < -0.39 is 10.0 Å². The first-order valence-electron chi connectivity index (χ1n) is 6.94. The zero-order chi connectivity index (χ0) is 14.3. The van der Waals surface area contributed by atoms with Crippen molar-refractivity contribution < 1.29 is 13.5 Å². The van der Waals surface area contributed by atoms with E-state index in [0.29, 0.717) is 10.1 Å². The fraction of sp³-hybridized carbons (Fsp3) is 0.692. The van der Waals surface area contributed by atoms with E-state index in [1.165, 1.54) is 0 Å². The van der Waals surface area contributed by atoms with Crippen molar-refractivity contribution in [1.82, 2.24) is 9.62 Å². The smallest absolute Gasteiger partial charge is 0.250 e. The van der Waals surface area contributed by atoms with Crippen molar-refractivity contribution in [2.45, 2.75) is 36.6 Å². The molecule has 0 radical (unpaired) electrons. The van der Waals surface area contributed by atoms with Crippen molar-refractivity contribution in [1.29, 1.82) is 0 Å². The summed E-state index contributed by atoms with van der Waals surface area (Å²) in [7, 11) is -3.46. The minimum absolute atomic E-state index is 0.0301. The van der Waals surface area contributed by atoms with Crippen LogP contribution in [0.1, 0.15) is 23.3 Å². The van der Waals surface area contributed by atoms with Gasteiger partial charge >= 0.3 is 0 Å². The van der Waals surface area contributed by atoms with E-state index in [0.717, 1.165) is 54.3 Å². The van der Waals surface area contributed by atoms with Crippen molar-refractivity contribution in [2.75, 3.05) is 19.6 Å². The van der Waals surface area contributed by atoms with Gasteiger partial charge in [0.1, 0.15) is 4.21 Å². The van der Waals surface area contributed by atoms with E-state index in [1.54, 1.807) is 6.07 Å². The number of thiophene rings is 1. The minimum atomic E-state index is -3.46. The van der Waals surface area contributed by atoms with Gasteiger partial charge in [0.25, 0.3) is 0 Å². The van der Waals surface area contributed by atoms with Crippen LogP contribution in [0, 0.1) is 12.8 Å². The summed E-state index contributed by atoms with van der Waals surface area (Å²) >= 11 is 1.16. The fourth-order valence-corrected chi connectivity index (χ4v) is 5.90. The van der Waals surface area contributed by atoms with Crippen LogP contribution >= 0.6 is 11.3 Å². The Morgan fingerprint density at radius 3 is 2.65 bits per heavy atom. The molecule has 4 rings (SSSR count). The molecular weight excluding hydrogens is 296 g/mol. The van der Waals surface area contributed by atoms with Crippen molar-refractivity contribution in [3.8, 4) is 0 Å². The summed E-state index contributed by atoms with van der Waals surface area (Å²) in [5.41, 5.74) is 0.840. The molecule has 0 saturated carbocycles. The van der Waals surface area contributed by atoms with E-state index in [1.807, 2.05) is 6.92 Å². The number of aliphatic hydroxyl groups excluding tert-OH is 1. The second-order valence-corrected chi connectivity index (χ2v) is 8.77. The lowest BCUT2D eigenvalue weighted by molar-refractivity contribution is 0.0827. The summed E-state index contributed by atoms with van der Waals surface area (Å²) in [5, 5.41) is 9.19. The molecule has 3 fully saturated rings. The first-order valence-corrected chi connectivity index (χ1v) is 9.24. The van der Waals surface area contributed by atoms with Gasteiger partial charge < -0.3 is 10.0 Å². The third-order valence-electron chi connectivity index (χ3n) is 4.37. The van der Waals surface area contributed by atoms with Crippen molar-refractivity contribution in [2.24, 2.45) is 5.92 Å². The second-order valence-electron chi connectivity index (χ2n) is 5.70. The highest BCUT2D eigenvalue weighted by Crippen LogP contribution is 2.30. The highest BCUT2D eigenvalue weighted by atomic mass is 32.2. The van der Waals surface area contributed by atoms with E-state index in [9.17, 15) is 13.5 Å². The number of piperidine rings is 3. The standard InChI is InChI=1S/C13H20N2O3S2/c1-9-6-13(19-12(9)8-16)20(17,18)14-11-7-15-4-2-10(11)3-5-15/h6,10-11,14,16H,2-5,7-8H2,1H3. The van der Waals surface area contributed by atoms with Crippen molar-refractivity contribution >= 4 is 21.4 Å². The monoisotopic (exact) mass is 316 g/mol. The predicted octanol–water partition coefficient (Wildman–Crippen LogP) is 0.921. The molecule has 3 saturated heterocycles. The third kappa shape index (κ3) is 2.65. The fourth-order valence-electron chi connectivity index (χ4n) is 3.13. The molecule has 112 valence electrons. The van der Waals surface area contributed by atoms with Gasteiger partial charge in [-0.2, -0.15) is 0 Å². The Kier molecular flexibility index (Phi) is 3.89. The summed E-state index contributed by atoms with van der Waals surface area (Å²) in [6, 6.07) is 1.68. The largest absolute Gasteiger partial charge is 0.391 e. The maximum atomic E-state index is 12.5. The summed E-state index contributed by atoms with van der Waals surface area (Å²) in [6.45, 7) is 4.73. The highest BCUT2D eigenvalue weighted by Gasteiger charge is 2.36. The Morgan fingerprint density at radius 1 is 1.45 bits per heavy atom. The lowest BCUT2D eigenvalue weighted by Gasteiger charge is -2.44. The number of fused-ring (bicyclic) bond motifs is 3. The van der Waals surface area contributed by atoms with Gasteiger partial charge in [-0.25, -0.2) is 13.1 Å². The SMILES string of the molecule is Cc1cc(S(=O)(=O)NC2CN3CCC2CC3)sc1CO. The van der Waals surface area contributed by atoms with E-state index in [2.05, 4.69) is 9.62 Å². The molecular formula is C13H20N2O3S2. The number of aryl methyl sites for hydroxylation is 1. The normalized spacial score (nSPS) is 29.8. The van der Waals surface area contributed by atoms with Gasteiger partial charge in [-0.1, -0.05) is 0 Å². The summed E-state index contributed by atoms with van der Waals surface area (Å²) in [5.74, 6) is 0.466. The number of hydrogen-bond donors (Lipinski definition) is 2. The molecule has 7 heteroatoms. The lowest BCUT2D eigenvalue weighted by atomic mass is 9.85. The molecule has 0 aromatic carbocycles. The highest BCUT2D eigenvalue weighted by molar-refractivity contribution is 7.91. The minimum Gasteiger partial charge on any atom is -0.391 e. The van der Waals surface area contributed by atoms with Gasteiger partial charge in [-0.3, -0.25) is 0 Å². The van der Waals surface area contributed by atoms with Crippen LogP contribution in [0.25, 0.3) is 0 Å². The molecule has 2 bridgehead atoms. The topological polar surface area (TPSA) is 69.6 Å². The van der Waals surface area contributed by atoms with Crippen LogP contribution < -0.4 is 4.72 Å². The lowest BCUT2D eigenvalue weighted by Crippen LogP contribution is -2.57. The Bertz CT molecular complexity index is 589. The molecule has 2 N–H and O–H groups in total. The quantitative estimate of drug-likeness (QED) is 0.867. The van der Waals surface area contributed by atoms with Crippen LogP contribution in [-0.4, -0.2) is 44.1 Å². The number of nitrogens with zero attached hydrogens (tertiary/aromatic N) is 1. The zero-order valence-electron chi connectivity index (χ0n) is 11.5. The number of rotatable bonds is 4. The molecule has 1 atom stereocenters. The molecule has 20 heavy (non-hydrogen) atoms. The average molecular weight is 316 g/mol. The molecule has 1 aromatic heterocycles. The zero-order valence-corrected chi connectivity index (χ0v) is 13.1. The van der Waals surface area contributed by atoms with E-state index in [4.69, 9.17) is 0 Å². The van der Waals surface area contributed by atoms with Crippen LogP contribution in [0.15, 0.2) is 10.3 Å². The van der Waals surface area contributed by atoms with Crippen LogP contribution in [0.2, 0.25) is 0 Å². The van der Waals surface area contributed by atoms with Gasteiger partial charge in [-0.15, -0.1) is 11.3 Å². The molecule has 1 unspecified atom stereocenters. The van der Waals surface area contributed by atoms with Gasteiger partial charge in [0.15, 0.2) is 0 Å². The third-order valence-corrected chi connectivity index (χ3v) is 7.55. The molecule has 4 heterocycles. The molecule has 0 amide bonds. The summed E-state index contributed by atoms with van der Waals surface area (Å²) in [6.07, 6.45) is 2.16. The molecule has 1 aromatic rings. The first-order chi connectivity index (χ1) is 9.49. The van der Waals surface area contributed by atoms with E-state index >= 15 is 0 Å². The summed E-state index contributed by atoms with van der Waals surface area (Å²) < 4.78 is 28.1. The molecule has 0 spiro atoms. The number of sulfonamides is 1. The van der Waals surface area contributed by atoms with Gasteiger partial charge in [-0.05, 0) is 50.4 Å². The average Bonchev–Trinajstić information content (AvgIpc) is 2.82. The van der Waals surface area contributed by atoms with Gasteiger partial charge in [0.2, 0.25) is 10.0 Å². The first kappa shape index (κ1) is 14.5. The van der Waals surface area contributed by atoms with E-state index in [-0.39, 0.29) is 12.6 Å². The predicted molar refractivity (Wildman–Crippen MR) is 78.3 cm³/mol. The Labute approximate surface area is 123 Å². The Hall–Kier alpha value is -0.470. The Morgan fingerprint density at radius 2 is 2.15 bits per heavy atom. The number of aliphatic hydroxyl groups is 1. The van der Waals surface area contributed by atoms with Gasteiger partial charge in [0, 0.05) is 17.5 Å². The Balaban J connectivity index is 1.78. The maximum Gasteiger partial charge on any atom is 0.250 e.